The predicted octanol–water partition coefficient (Wildman–Crippen LogP) is 1.79. The number of hydrogen-bond donors (Lipinski definition) is 0. The molecule has 3 aliphatic rings. The highest BCUT2D eigenvalue weighted by Gasteiger charge is 2.25. The summed E-state index contributed by atoms with van der Waals surface area (Å²) in [5, 5.41) is 0. The molecule has 6 heteroatoms. The van der Waals surface area contributed by atoms with E-state index in [9.17, 15) is 4.79 Å². The lowest BCUT2D eigenvalue weighted by molar-refractivity contribution is -0.134. The van der Waals surface area contributed by atoms with Crippen LogP contribution < -0.4 is 9.47 Å². The molecule has 1 unspecified atom stereocenters. The number of carbonyl (C=O) groups excluding carboxylic acids is 1. The van der Waals surface area contributed by atoms with Crippen LogP contribution >= 0.6 is 0 Å². The van der Waals surface area contributed by atoms with E-state index in [4.69, 9.17) is 9.47 Å². The number of nitrogens with zero attached hydrogens (tertiary/aromatic N) is 3. The Bertz CT molecular complexity index is 643. The van der Waals surface area contributed by atoms with Crippen LogP contribution in [0.3, 0.4) is 0 Å². The summed E-state index contributed by atoms with van der Waals surface area (Å²) in [6.45, 7) is 9.84. The normalized spacial score (nSPS) is 24.0. The van der Waals surface area contributed by atoms with Crippen LogP contribution in [0.2, 0.25) is 0 Å². The van der Waals surface area contributed by atoms with Crippen LogP contribution in [0.4, 0.5) is 0 Å². The fourth-order valence-electron chi connectivity index (χ4n) is 4.11. The van der Waals surface area contributed by atoms with Gasteiger partial charge in [-0.25, -0.2) is 0 Å². The number of hydrogen-bond acceptors (Lipinski definition) is 5. The Labute approximate surface area is 155 Å². The van der Waals surface area contributed by atoms with Crippen molar-refractivity contribution in [3.63, 3.8) is 0 Å². The lowest BCUT2D eigenvalue weighted by atomic mass is 10.0. The molecule has 3 heterocycles. The van der Waals surface area contributed by atoms with E-state index >= 15 is 0 Å². The Balaban J connectivity index is 1.23. The molecule has 2 saturated heterocycles. The molecule has 0 aromatic heterocycles. The minimum atomic E-state index is 0.306. The first kappa shape index (κ1) is 17.6. The molecule has 0 saturated carbocycles. The highest BCUT2D eigenvalue weighted by atomic mass is 16.7. The fourth-order valence-corrected chi connectivity index (χ4v) is 4.11. The Morgan fingerprint density at radius 3 is 2.65 bits per heavy atom. The van der Waals surface area contributed by atoms with Gasteiger partial charge in [-0.2, -0.15) is 0 Å². The van der Waals surface area contributed by atoms with Crippen LogP contribution in [0.25, 0.3) is 0 Å². The number of ether oxygens (including phenoxy) is 2. The standard InChI is InChI=1S/C20H29N3O3/c1-16-3-2-6-23(12-16)20(24)14-22-9-7-21(8-10-22)13-17-4-5-18-19(11-17)26-15-25-18/h4-5,11,16H,2-3,6-10,12-15H2,1H3. The molecule has 142 valence electrons. The Kier molecular flexibility index (Phi) is 5.31. The van der Waals surface area contributed by atoms with Gasteiger partial charge in [0.05, 0.1) is 6.54 Å². The van der Waals surface area contributed by atoms with Crippen LogP contribution in [0.1, 0.15) is 25.3 Å². The summed E-state index contributed by atoms with van der Waals surface area (Å²) in [4.78, 5) is 19.3. The van der Waals surface area contributed by atoms with Crippen molar-refractivity contribution < 1.29 is 14.3 Å². The van der Waals surface area contributed by atoms with E-state index in [1.54, 1.807) is 0 Å². The van der Waals surface area contributed by atoms with Gasteiger partial charge in [-0.1, -0.05) is 13.0 Å². The summed E-state index contributed by atoms with van der Waals surface area (Å²) in [5.74, 6) is 2.64. The van der Waals surface area contributed by atoms with Gasteiger partial charge in [-0.15, -0.1) is 0 Å². The van der Waals surface area contributed by atoms with E-state index in [1.165, 1.54) is 12.0 Å². The lowest BCUT2D eigenvalue weighted by Crippen LogP contribution is -2.50. The van der Waals surface area contributed by atoms with Crippen molar-refractivity contribution >= 4 is 5.91 Å². The summed E-state index contributed by atoms with van der Waals surface area (Å²) >= 11 is 0. The van der Waals surface area contributed by atoms with Crippen molar-refractivity contribution in [1.82, 2.24) is 14.7 Å². The van der Waals surface area contributed by atoms with Crippen molar-refractivity contribution in [2.24, 2.45) is 5.92 Å². The van der Waals surface area contributed by atoms with Gasteiger partial charge in [-0.05, 0) is 36.5 Å². The largest absolute Gasteiger partial charge is 0.454 e. The summed E-state index contributed by atoms with van der Waals surface area (Å²) in [6.07, 6.45) is 2.40. The summed E-state index contributed by atoms with van der Waals surface area (Å²) in [6, 6.07) is 6.18. The first-order chi connectivity index (χ1) is 12.7. The number of carbonyl (C=O) groups is 1. The van der Waals surface area contributed by atoms with E-state index in [-0.39, 0.29) is 0 Å². The van der Waals surface area contributed by atoms with Crippen LogP contribution in [-0.4, -0.2) is 73.2 Å². The smallest absolute Gasteiger partial charge is 0.236 e. The van der Waals surface area contributed by atoms with Crippen LogP contribution in [0.15, 0.2) is 18.2 Å². The second-order valence-corrected chi connectivity index (χ2v) is 7.83. The number of piperazine rings is 1. The third-order valence-corrected chi connectivity index (χ3v) is 5.68. The van der Waals surface area contributed by atoms with Gasteiger partial charge in [0.15, 0.2) is 11.5 Å². The number of benzene rings is 1. The molecule has 4 rings (SSSR count). The van der Waals surface area contributed by atoms with Gasteiger partial charge in [0.2, 0.25) is 12.7 Å². The number of amides is 1. The third kappa shape index (κ3) is 4.13. The second kappa shape index (κ2) is 7.84. The molecular formula is C20H29N3O3. The van der Waals surface area contributed by atoms with E-state index in [1.807, 2.05) is 6.07 Å². The van der Waals surface area contributed by atoms with E-state index in [0.717, 1.165) is 63.7 Å². The molecule has 0 bridgehead atoms. The topological polar surface area (TPSA) is 45.3 Å². The number of likely N-dealkylation sites (tertiary alicyclic amines) is 1. The van der Waals surface area contributed by atoms with Gasteiger partial charge in [0.25, 0.3) is 0 Å². The molecule has 0 radical (unpaired) electrons. The van der Waals surface area contributed by atoms with Gasteiger partial charge < -0.3 is 14.4 Å². The first-order valence-corrected chi connectivity index (χ1v) is 9.78. The lowest BCUT2D eigenvalue weighted by Gasteiger charge is -2.37. The maximum absolute atomic E-state index is 12.5. The molecule has 1 amide bonds. The zero-order chi connectivity index (χ0) is 17.9. The molecule has 2 fully saturated rings. The van der Waals surface area contributed by atoms with E-state index in [2.05, 4.69) is 33.8 Å². The molecule has 0 spiro atoms. The summed E-state index contributed by atoms with van der Waals surface area (Å²) < 4.78 is 10.8. The molecule has 26 heavy (non-hydrogen) atoms. The molecule has 3 aliphatic heterocycles. The van der Waals surface area contributed by atoms with Crippen LogP contribution in [0, 0.1) is 5.92 Å². The SMILES string of the molecule is CC1CCCN(C(=O)CN2CCN(Cc3ccc4c(c3)OCO4)CC2)C1. The fraction of sp³-hybridized carbons (Fsp3) is 0.650. The minimum Gasteiger partial charge on any atom is -0.454 e. The highest BCUT2D eigenvalue weighted by molar-refractivity contribution is 5.78. The Hall–Kier alpha value is -1.79. The molecule has 0 N–H and O–H groups in total. The molecule has 1 aromatic carbocycles. The molecular weight excluding hydrogens is 330 g/mol. The van der Waals surface area contributed by atoms with E-state index < -0.39 is 0 Å². The van der Waals surface area contributed by atoms with Gasteiger partial charge in [-0.3, -0.25) is 14.6 Å². The maximum atomic E-state index is 12.5. The average Bonchev–Trinajstić information content (AvgIpc) is 3.11. The predicted molar refractivity (Wildman–Crippen MR) is 99.3 cm³/mol. The monoisotopic (exact) mass is 359 g/mol. The Morgan fingerprint density at radius 2 is 1.85 bits per heavy atom. The van der Waals surface area contributed by atoms with Gasteiger partial charge in [0.1, 0.15) is 0 Å². The van der Waals surface area contributed by atoms with Crippen molar-refractivity contribution in [1.29, 1.82) is 0 Å². The van der Waals surface area contributed by atoms with Crippen molar-refractivity contribution in [3.05, 3.63) is 23.8 Å². The van der Waals surface area contributed by atoms with E-state index in [0.29, 0.717) is 25.2 Å². The van der Waals surface area contributed by atoms with Crippen molar-refractivity contribution in [3.8, 4) is 11.5 Å². The summed E-state index contributed by atoms with van der Waals surface area (Å²) in [7, 11) is 0. The second-order valence-electron chi connectivity index (χ2n) is 7.83. The Morgan fingerprint density at radius 1 is 1.08 bits per heavy atom. The minimum absolute atomic E-state index is 0.306. The molecule has 0 aliphatic carbocycles. The summed E-state index contributed by atoms with van der Waals surface area (Å²) in [5.41, 5.74) is 1.25. The third-order valence-electron chi connectivity index (χ3n) is 5.68. The molecule has 6 nitrogen and oxygen atoms in total. The zero-order valence-corrected chi connectivity index (χ0v) is 15.7. The highest BCUT2D eigenvalue weighted by Crippen LogP contribution is 2.32. The molecule has 1 atom stereocenters. The zero-order valence-electron chi connectivity index (χ0n) is 15.7. The number of fused-ring (bicyclic) bond motifs is 1. The first-order valence-electron chi connectivity index (χ1n) is 9.78. The van der Waals surface area contributed by atoms with Gasteiger partial charge in [0, 0.05) is 45.8 Å². The van der Waals surface area contributed by atoms with Crippen LogP contribution in [-0.2, 0) is 11.3 Å². The van der Waals surface area contributed by atoms with Crippen molar-refractivity contribution in [2.75, 3.05) is 52.6 Å². The van der Waals surface area contributed by atoms with Gasteiger partial charge >= 0.3 is 0 Å². The number of piperidine rings is 1. The molecule has 1 aromatic rings. The van der Waals surface area contributed by atoms with Crippen LogP contribution in [0.5, 0.6) is 11.5 Å². The van der Waals surface area contributed by atoms with Crippen molar-refractivity contribution in [2.45, 2.75) is 26.3 Å². The number of rotatable bonds is 4. The average molecular weight is 359 g/mol. The maximum Gasteiger partial charge on any atom is 0.236 e. The quantitative estimate of drug-likeness (QED) is 0.820.